The van der Waals surface area contributed by atoms with E-state index in [0.717, 1.165) is 12.1 Å². The van der Waals surface area contributed by atoms with E-state index in [1.165, 1.54) is 18.4 Å². The lowest BCUT2D eigenvalue weighted by atomic mass is 10.1. The first kappa shape index (κ1) is 21.3. The number of hydrogen-bond acceptors (Lipinski definition) is 6. The van der Waals surface area contributed by atoms with Gasteiger partial charge in [-0.15, -0.1) is 0 Å². The van der Waals surface area contributed by atoms with Crippen LogP contribution in [0.5, 0.6) is 0 Å². The SMILES string of the molecule is CCC(C)C(=O)N(C)CCN(C)c1ccc(S(=O)(=O)N(C)C)c2c1=NCN=2. The van der Waals surface area contributed by atoms with Gasteiger partial charge in [-0.3, -0.25) is 14.8 Å². The highest BCUT2D eigenvalue weighted by atomic mass is 32.2. The van der Waals surface area contributed by atoms with Gasteiger partial charge in [0.05, 0.1) is 5.69 Å². The number of amides is 1. The Balaban J connectivity index is 2.25. The molecule has 9 heteroatoms. The zero-order chi connectivity index (χ0) is 20.4. The molecule has 0 N–H and O–H groups in total. The maximum Gasteiger partial charge on any atom is 0.244 e. The lowest BCUT2D eigenvalue weighted by Crippen LogP contribution is -2.41. The van der Waals surface area contributed by atoms with Crippen LogP contribution < -0.4 is 15.6 Å². The molecule has 0 aliphatic carbocycles. The van der Waals surface area contributed by atoms with Crippen LogP contribution in [-0.4, -0.2) is 71.5 Å². The van der Waals surface area contributed by atoms with Gasteiger partial charge in [0, 0.05) is 47.2 Å². The second-order valence-electron chi connectivity index (χ2n) is 7.02. The van der Waals surface area contributed by atoms with Crippen molar-refractivity contribution >= 4 is 21.6 Å². The van der Waals surface area contributed by atoms with E-state index in [2.05, 4.69) is 9.98 Å². The molecule has 0 bridgehead atoms. The van der Waals surface area contributed by atoms with Gasteiger partial charge in [-0.1, -0.05) is 13.8 Å². The number of anilines is 1. The van der Waals surface area contributed by atoms with Crippen molar-refractivity contribution < 1.29 is 13.2 Å². The van der Waals surface area contributed by atoms with Crippen LogP contribution in [0.15, 0.2) is 27.0 Å². The molecule has 1 amide bonds. The molecule has 27 heavy (non-hydrogen) atoms. The fourth-order valence-corrected chi connectivity index (χ4v) is 3.87. The monoisotopic (exact) mass is 395 g/mol. The minimum atomic E-state index is -3.59. The Hall–Kier alpha value is -2.00. The lowest BCUT2D eigenvalue weighted by molar-refractivity contribution is -0.133. The van der Waals surface area contributed by atoms with Crippen molar-refractivity contribution in [1.82, 2.24) is 9.21 Å². The van der Waals surface area contributed by atoms with Crippen LogP contribution in [0.25, 0.3) is 0 Å². The molecule has 1 aliphatic heterocycles. The first-order chi connectivity index (χ1) is 12.6. The van der Waals surface area contributed by atoms with E-state index < -0.39 is 10.0 Å². The molecule has 0 saturated carbocycles. The van der Waals surface area contributed by atoms with Crippen LogP contribution in [-0.2, 0) is 14.8 Å². The number of nitrogens with zero attached hydrogens (tertiary/aromatic N) is 5. The second-order valence-corrected chi connectivity index (χ2v) is 9.14. The molecular formula is C18H29N5O3S. The maximum atomic E-state index is 12.5. The second kappa shape index (κ2) is 8.35. The van der Waals surface area contributed by atoms with Crippen molar-refractivity contribution in [2.24, 2.45) is 15.9 Å². The largest absolute Gasteiger partial charge is 0.371 e. The van der Waals surface area contributed by atoms with E-state index in [4.69, 9.17) is 0 Å². The van der Waals surface area contributed by atoms with Crippen molar-refractivity contribution in [2.45, 2.75) is 25.2 Å². The van der Waals surface area contributed by atoms with Gasteiger partial charge in [0.25, 0.3) is 0 Å². The number of carbonyl (C=O) groups is 1. The lowest BCUT2D eigenvalue weighted by Gasteiger charge is -2.25. The highest BCUT2D eigenvalue weighted by molar-refractivity contribution is 7.89. The molecule has 1 heterocycles. The van der Waals surface area contributed by atoms with E-state index in [1.54, 1.807) is 24.1 Å². The summed E-state index contributed by atoms with van der Waals surface area (Å²) in [7, 11) is 3.12. The van der Waals surface area contributed by atoms with Crippen molar-refractivity contribution in [3.8, 4) is 0 Å². The Morgan fingerprint density at radius 3 is 2.33 bits per heavy atom. The highest BCUT2D eigenvalue weighted by Gasteiger charge is 2.23. The molecule has 0 aromatic heterocycles. The third-order valence-electron chi connectivity index (χ3n) is 4.90. The van der Waals surface area contributed by atoms with Crippen LogP contribution in [0.2, 0.25) is 0 Å². The topological polar surface area (TPSA) is 85.7 Å². The summed E-state index contributed by atoms with van der Waals surface area (Å²) in [6.07, 6.45) is 0.814. The van der Waals surface area contributed by atoms with Gasteiger partial charge < -0.3 is 9.80 Å². The van der Waals surface area contributed by atoms with E-state index in [0.29, 0.717) is 23.8 Å². The van der Waals surface area contributed by atoms with E-state index in [9.17, 15) is 13.2 Å². The Morgan fingerprint density at radius 2 is 1.74 bits per heavy atom. The normalized spacial score (nSPS) is 14.3. The summed E-state index contributed by atoms with van der Waals surface area (Å²) in [6.45, 7) is 5.34. The van der Waals surface area contributed by atoms with Crippen molar-refractivity contribution in [1.29, 1.82) is 0 Å². The van der Waals surface area contributed by atoms with Gasteiger partial charge in [0.2, 0.25) is 15.9 Å². The van der Waals surface area contributed by atoms with Gasteiger partial charge in [-0.05, 0) is 18.6 Å². The number of rotatable bonds is 8. The van der Waals surface area contributed by atoms with Gasteiger partial charge in [-0.2, -0.15) is 0 Å². The summed E-state index contributed by atoms with van der Waals surface area (Å²) in [5, 5.41) is 1.01. The Morgan fingerprint density at radius 1 is 1.11 bits per heavy atom. The van der Waals surface area contributed by atoms with Crippen molar-refractivity contribution in [3.63, 3.8) is 0 Å². The summed E-state index contributed by atoms with van der Waals surface area (Å²) in [4.78, 5) is 24.8. The average molecular weight is 396 g/mol. The minimum absolute atomic E-state index is 0.00822. The number of benzene rings is 1. The van der Waals surface area contributed by atoms with Crippen molar-refractivity contribution in [3.05, 3.63) is 22.8 Å². The highest BCUT2D eigenvalue weighted by Crippen LogP contribution is 2.13. The predicted octanol–water partition coefficient (Wildman–Crippen LogP) is 0.0879. The predicted molar refractivity (Wildman–Crippen MR) is 105 cm³/mol. The molecular weight excluding hydrogens is 366 g/mol. The number of fused-ring (bicyclic) bond motifs is 1. The van der Waals surface area contributed by atoms with Crippen LogP contribution in [0, 0.1) is 5.92 Å². The fourth-order valence-electron chi connectivity index (χ4n) is 2.83. The molecule has 150 valence electrons. The molecule has 1 aromatic carbocycles. The quantitative estimate of drug-likeness (QED) is 0.624. The molecule has 1 aromatic rings. The summed E-state index contributed by atoms with van der Waals surface area (Å²) >= 11 is 0. The minimum Gasteiger partial charge on any atom is -0.371 e. The smallest absolute Gasteiger partial charge is 0.244 e. The summed E-state index contributed by atoms with van der Waals surface area (Å²) in [6, 6.07) is 3.34. The van der Waals surface area contributed by atoms with Gasteiger partial charge >= 0.3 is 0 Å². The number of carbonyl (C=O) groups excluding carboxylic acids is 1. The number of sulfonamides is 1. The first-order valence-electron chi connectivity index (χ1n) is 9.01. The third kappa shape index (κ3) is 4.30. The van der Waals surface area contributed by atoms with Crippen LogP contribution in [0.3, 0.4) is 0 Å². The zero-order valence-corrected chi connectivity index (χ0v) is 17.7. The van der Waals surface area contributed by atoms with Crippen molar-refractivity contribution in [2.75, 3.05) is 52.8 Å². The molecule has 1 unspecified atom stereocenters. The Labute approximate surface area is 161 Å². The van der Waals surface area contributed by atoms with Crippen LogP contribution in [0.4, 0.5) is 5.69 Å². The summed E-state index contributed by atoms with van der Waals surface area (Å²) in [5.74, 6) is 0.136. The molecule has 1 atom stereocenters. The van der Waals surface area contributed by atoms with Gasteiger partial charge in [-0.25, -0.2) is 12.7 Å². The standard InChI is InChI=1S/C18H29N5O3S/c1-7-13(2)18(24)23(6)11-10-22(5)14-8-9-15(27(25,26)21(3)4)17-16(14)19-12-20-17/h8-9,13H,7,10-12H2,1-6H3. The van der Waals surface area contributed by atoms with Gasteiger partial charge in [0.15, 0.2) is 0 Å². The number of hydrogen-bond donors (Lipinski definition) is 0. The van der Waals surface area contributed by atoms with E-state index in [-0.39, 0.29) is 23.4 Å². The fraction of sp³-hybridized carbons (Fsp3) is 0.611. The maximum absolute atomic E-state index is 12.5. The third-order valence-corrected chi connectivity index (χ3v) is 6.75. The Kier molecular flexibility index (Phi) is 6.59. The van der Waals surface area contributed by atoms with Gasteiger partial charge in [0.1, 0.15) is 22.3 Å². The van der Waals surface area contributed by atoms with E-state index >= 15 is 0 Å². The Bertz CT molecular complexity index is 927. The molecule has 0 saturated heterocycles. The first-order valence-corrected chi connectivity index (χ1v) is 10.5. The molecule has 0 radical (unpaired) electrons. The molecule has 2 rings (SSSR count). The summed E-state index contributed by atoms with van der Waals surface area (Å²) < 4.78 is 26.2. The zero-order valence-electron chi connectivity index (χ0n) is 16.9. The molecule has 0 fully saturated rings. The van der Waals surface area contributed by atoms with E-state index in [1.807, 2.05) is 25.8 Å². The summed E-state index contributed by atoms with van der Waals surface area (Å²) in [5.41, 5.74) is 0.813. The molecule has 0 spiro atoms. The van der Waals surface area contributed by atoms with Crippen LogP contribution >= 0.6 is 0 Å². The molecule has 8 nitrogen and oxygen atoms in total. The molecule has 1 aliphatic rings. The van der Waals surface area contributed by atoms with Crippen LogP contribution in [0.1, 0.15) is 20.3 Å². The number of likely N-dealkylation sites (N-methyl/N-ethyl adjacent to an activating group) is 2. The average Bonchev–Trinajstić information content (AvgIpc) is 3.12.